The maximum absolute atomic E-state index is 8.74. The Balaban J connectivity index is 2.26. The predicted octanol–water partition coefficient (Wildman–Crippen LogP) is -0.749. The largest absolute Gasteiger partial charge is 0.392 e. The van der Waals surface area contributed by atoms with Crippen LogP contribution in [0.15, 0.2) is 0 Å². The maximum Gasteiger partial charge on any atom is 0.0694 e. The fourth-order valence-electron chi connectivity index (χ4n) is 0.742. The second-order valence-corrected chi connectivity index (χ2v) is 1.89. The lowest BCUT2D eigenvalue weighted by molar-refractivity contribution is 0.174. The molecule has 1 heterocycles. The van der Waals surface area contributed by atoms with Crippen LogP contribution in [-0.2, 0) is 0 Å². The molecule has 3 nitrogen and oxygen atoms in total. The molecule has 2 N–H and O–H groups in total. The molecule has 1 aliphatic rings. The van der Waals surface area contributed by atoms with Gasteiger partial charge in [-0.05, 0) is 6.42 Å². The molecule has 3 heteroatoms. The Hall–Kier alpha value is -0.120. The third-order valence-corrected chi connectivity index (χ3v) is 1.16. The molecule has 1 rings (SSSR count). The molecule has 0 aliphatic carbocycles. The van der Waals surface area contributed by atoms with Gasteiger partial charge in [-0.3, -0.25) is 0 Å². The van der Waals surface area contributed by atoms with Crippen LogP contribution in [0.5, 0.6) is 0 Å². The second kappa shape index (κ2) is 1.78. The summed E-state index contributed by atoms with van der Waals surface area (Å²) in [6.45, 7) is 1.25. The summed E-state index contributed by atoms with van der Waals surface area (Å²) in [5, 5.41) is 10.1. The van der Waals surface area contributed by atoms with Crippen LogP contribution in [0.25, 0.3) is 0 Å². The van der Waals surface area contributed by atoms with Gasteiger partial charge in [0, 0.05) is 13.1 Å². The quantitative estimate of drug-likeness (QED) is 0.436. The smallest absolute Gasteiger partial charge is 0.0694 e. The highest BCUT2D eigenvalue weighted by Crippen LogP contribution is 2.03. The predicted molar refractivity (Wildman–Crippen MR) is 25.3 cm³/mol. The number of rotatable bonds is 0. The van der Waals surface area contributed by atoms with Crippen molar-refractivity contribution in [2.45, 2.75) is 12.5 Å². The molecule has 0 amide bonds. The molecule has 1 saturated heterocycles. The van der Waals surface area contributed by atoms with Crippen LogP contribution in [0.4, 0.5) is 0 Å². The summed E-state index contributed by atoms with van der Waals surface area (Å²) in [5.41, 5.74) is 0. The highest BCUT2D eigenvalue weighted by atomic mass is 16.3. The third kappa shape index (κ3) is 1.12. The molecule has 0 saturated carbocycles. The van der Waals surface area contributed by atoms with Crippen LogP contribution in [-0.4, -0.2) is 29.3 Å². The van der Waals surface area contributed by atoms with Gasteiger partial charge in [0.05, 0.1) is 6.10 Å². The molecule has 41 valence electrons. The molecule has 1 fully saturated rings. The number of hydrogen-bond acceptors (Lipinski definition) is 2. The van der Waals surface area contributed by atoms with Crippen molar-refractivity contribution in [1.29, 1.82) is 0 Å². The van der Waals surface area contributed by atoms with E-state index in [0.29, 0.717) is 6.54 Å². The van der Waals surface area contributed by atoms with E-state index in [2.05, 4.69) is 0 Å². The molecular weight excluding hydrogens is 92.1 g/mol. The van der Waals surface area contributed by atoms with Crippen molar-refractivity contribution in [3.63, 3.8) is 0 Å². The first-order valence-electron chi connectivity index (χ1n) is 2.43. The van der Waals surface area contributed by atoms with Crippen molar-refractivity contribution in [2.75, 3.05) is 13.1 Å². The molecule has 0 aromatic rings. The van der Waals surface area contributed by atoms with Gasteiger partial charge in [0.25, 0.3) is 0 Å². The van der Waals surface area contributed by atoms with E-state index >= 15 is 0 Å². The van der Waals surface area contributed by atoms with Gasteiger partial charge < -0.3 is 5.11 Å². The Morgan fingerprint density at radius 1 is 1.71 bits per heavy atom. The van der Waals surface area contributed by atoms with Crippen molar-refractivity contribution in [1.82, 2.24) is 10.9 Å². The molecule has 1 atom stereocenters. The van der Waals surface area contributed by atoms with E-state index < -0.39 is 0 Å². The summed E-state index contributed by atoms with van der Waals surface area (Å²) in [6, 6.07) is 0. The van der Waals surface area contributed by atoms with E-state index in [1.54, 1.807) is 0 Å². The third-order valence-electron chi connectivity index (χ3n) is 1.16. The van der Waals surface area contributed by atoms with Gasteiger partial charge in [0.15, 0.2) is 0 Å². The number of aliphatic hydroxyl groups excluding tert-OH is 1. The summed E-state index contributed by atoms with van der Waals surface area (Å²) < 4.78 is 0. The highest BCUT2D eigenvalue weighted by molar-refractivity contribution is 4.68. The molecule has 0 aromatic heterocycles. The summed E-state index contributed by atoms with van der Waals surface area (Å²) in [4.78, 5) is 0. The van der Waals surface area contributed by atoms with Gasteiger partial charge in [-0.2, -0.15) is 5.84 Å². The molecule has 0 bridgehead atoms. The molecular formula is C4H9N2O. The second-order valence-electron chi connectivity index (χ2n) is 1.89. The monoisotopic (exact) mass is 101 g/mol. The Labute approximate surface area is 42.7 Å². The minimum absolute atomic E-state index is 0.238. The topological polar surface area (TPSA) is 47.3 Å². The van der Waals surface area contributed by atoms with Crippen molar-refractivity contribution in [2.24, 2.45) is 0 Å². The van der Waals surface area contributed by atoms with Gasteiger partial charge in [0.1, 0.15) is 0 Å². The van der Waals surface area contributed by atoms with E-state index in [4.69, 9.17) is 10.9 Å². The van der Waals surface area contributed by atoms with Gasteiger partial charge in [-0.25, -0.2) is 5.01 Å². The average molecular weight is 101 g/mol. The summed E-state index contributed by atoms with van der Waals surface area (Å²) in [6.07, 6.45) is 0.529. The zero-order valence-electron chi connectivity index (χ0n) is 4.09. The minimum atomic E-state index is -0.238. The first kappa shape index (κ1) is 5.03. The number of hydrogen-bond donors (Lipinski definition) is 1. The molecule has 7 heavy (non-hydrogen) atoms. The highest BCUT2D eigenvalue weighted by Gasteiger charge is 2.16. The zero-order chi connectivity index (χ0) is 5.28. The van der Waals surface area contributed by atoms with Crippen molar-refractivity contribution < 1.29 is 5.11 Å². The summed E-state index contributed by atoms with van der Waals surface area (Å²) >= 11 is 0. The number of nitrogens with one attached hydrogen (secondary N) is 1. The fourth-order valence-corrected chi connectivity index (χ4v) is 0.742. The normalized spacial score (nSPS) is 34.3. The number of aliphatic hydroxyl groups is 1. The van der Waals surface area contributed by atoms with E-state index in [-0.39, 0.29) is 6.10 Å². The summed E-state index contributed by atoms with van der Waals surface area (Å²) in [5.74, 6) is 6.94. The standard InChI is InChI=1S/C4H9N2O/c5-6-2-1-4(7)3-6/h4-5,7H,1-3H2. The van der Waals surface area contributed by atoms with Gasteiger partial charge in [0.2, 0.25) is 0 Å². The lowest BCUT2D eigenvalue weighted by Crippen LogP contribution is -2.18. The zero-order valence-corrected chi connectivity index (χ0v) is 4.09. The van der Waals surface area contributed by atoms with E-state index in [1.165, 1.54) is 5.01 Å². The van der Waals surface area contributed by atoms with Crippen LogP contribution in [0, 0.1) is 0 Å². The maximum atomic E-state index is 8.74. The van der Waals surface area contributed by atoms with E-state index in [1.807, 2.05) is 0 Å². The first-order valence-corrected chi connectivity index (χ1v) is 2.43. The summed E-state index contributed by atoms with van der Waals surface area (Å²) in [7, 11) is 0. The minimum Gasteiger partial charge on any atom is -0.392 e. The van der Waals surface area contributed by atoms with Crippen LogP contribution in [0.2, 0.25) is 0 Å². The Kier molecular flexibility index (Phi) is 1.27. The fraction of sp³-hybridized carbons (Fsp3) is 1.00. The van der Waals surface area contributed by atoms with Crippen LogP contribution >= 0.6 is 0 Å². The number of nitrogens with zero attached hydrogens (tertiary/aromatic N) is 1. The molecule has 1 radical (unpaired) electrons. The van der Waals surface area contributed by atoms with E-state index in [0.717, 1.165) is 13.0 Å². The van der Waals surface area contributed by atoms with Crippen molar-refractivity contribution in [3.05, 3.63) is 0 Å². The van der Waals surface area contributed by atoms with Gasteiger partial charge in [-0.1, -0.05) is 0 Å². The molecule has 0 spiro atoms. The molecule has 1 aliphatic heterocycles. The lowest BCUT2D eigenvalue weighted by atomic mass is 10.3. The van der Waals surface area contributed by atoms with Gasteiger partial charge >= 0.3 is 0 Å². The van der Waals surface area contributed by atoms with Crippen molar-refractivity contribution >= 4 is 0 Å². The van der Waals surface area contributed by atoms with Crippen LogP contribution in [0.1, 0.15) is 6.42 Å². The van der Waals surface area contributed by atoms with Crippen LogP contribution in [0.3, 0.4) is 0 Å². The van der Waals surface area contributed by atoms with Crippen molar-refractivity contribution in [3.8, 4) is 0 Å². The first-order chi connectivity index (χ1) is 3.29. The molecule has 0 aromatic carbocycles. The van der Waals surface area contributed by atoms with E-state index in [9.17, 15) is 0 Å². The Morgan fingerprint density at radius 2 is 2.43 bits per heavy atom. The SMILES string of the molecule is [NH]N1CCC(O)C1. The molecule has 1 unspecified atom stereocenters. The van der Waals surface area contributed by atoms with Gasteiger partial charge in [-0.15, -0.1) is 0 Å². The Bertz CT molecular complexity index is 58.7. The lowest BCUT2D eigenvalue weighted by Gasteiger charge is -2.00. The number of β-amino-alcohol motifs (C(OH)–C–C–N with tert-alkyl or cyclic N) is 1. The Morgan fingerprint density at radius 3 is 2.57 bits per heavy atom. The van der Waals surface area contributed by atoms with Crippen LogP contribution < -0.4 is 5.84 Å². The average Bonchev–Trinajstić information content (AvgIpc) is 1.87.